The molecule has 0 bridgehead atoms. The number of carbonyl (C=O) groups excluding carboxylic acids is 4. The Morgan fingerprint density at radius 1 is 0.967 bits per heavy atom. The van der Waals surface area contributed by atoms with E-state index < -0.39 is 36.0 Å². The molecule has 0 saturated carbocycles. The van der Waals surface area contributed by atoms with E-state index in [-0.39, 0.29) is 41.7 Å². The quantitative estimate of drug-likeness (QED) is 0.222. The Balaban J connectivity index is 0.877. The number of amides is 4. The molecule has 3 N–H and O–H groups in total. The van der Waals surface area contributed by atoms with Gasteiger partial charge in [-0.2, -0.15) is 13.8 Å². The van der Waals surface area contributed by atoms with Crippen LogP contribution in [0.15, 0.2) is 36.5 Å². The van der Waals surface area contributed by atoms with E-state index in [1.165, 1.54) is 38.4 Å². The lowest BCUT2D eigenvalue weighted by Crippen LogP contribution is -2.48. The Morgan fingerprint density at radius 2 is 1.69 bits per heavy atom. The van der Waals surface area contributed by atoms with Crippen LogP contribution in [0.25, 0.3) is 0 Å². The van der Waals surface area contributed by atoms with Gasteiger partial charge in [-0.25, -0.2) is 14.4 Å². The first kappa shape index (κ1) is 43.4. The zero-order chi connectivity index (χ0) is 43.6. The zero-order valence-electron chi connectivity index (χ0n) is 35.1. The highest BCUT2D eigenvalue weighted by Crippen LogP contribution is 2.39. The van der Waals surface area contributed by atoms with Crippen LogP contribution in [0.5, 0.6) is 11.5 Å². The molecule has 4 aliphatic heterocycles. The van der Waals surface area contributed by atoms with Gasteiger partial charge in [0.25, 0.3) is 11.8 Å². The molecule has 2 aromatic carbocycles. The fourth-order valence-corrected chi connectivity index (χ4v) is 8.43. The summed E-state index contributed by atoms with van der Waals surface area (Å²) >= 11 is 0. The summed E-state index contributed by atoms with van der Waals surface area (Å²) in [6, 6.07) is 7.55. The number of anilines is 5. The Labute approximate surface area is 352 Å². The molecule has 3 aromatic rings. The Hall–Kier alpha value is -5.69. The number of hydrazine groups is 1. The third kappa shape index (κ3) is 9.46. The minimum atomic E-state index is -3.61. The largest absolute Gasteiger partial charge is 0.496 e. The first-order valence-corrected chi connectivity index (χ1v) is 20.6. The maximum Gasteiger partial charge on any atom is 0.342 e. The number of methoxy groups -OCH3 is 2. The van der Waals surface area contributed by atoms with Gasteiger partial charge in [0.1, 0.15) is 23.0 Å². The fraction of sp³-hybridized carbons (Fsp3) is 0.524. The molecule has 1 atom stereocenters. The molecule has 3 saturated heterocycles. The van der Waals surface area contributed by atoms with E-state index in [4.69, 9.17) is 9.47 Å². The monoisotopic (exact) mass is 850 g/mol. The van der Waals surface area contributed by atoms with E-state index in [0.717, 1.165) is 43.8 Å². The number of nitrogens with one attached hydrogen (secondary N) is 3. The van der Waals surface area contributed by atoms with Crippen LogP contribution in [0, 0.1) is 11.7 Å². The highest BCUT2D eigenvalue weighted by atomic mass is 19.3. The van der Waals surface area contributed by atoms with Crippen LogP contribution in [0.4, 0.5) is 42.0 Å². The van der Waals surface area contributed by atoms with Crippen molar-refractivity contribution in [1.82, 2.24) is 30.6 Å². The molecule has 4 amide bonds. The van der Waals surface area contributed by atoms with Gasteiger partial charge in [-0.1, -0.05) is 0 Å². The minimum absolute atomic E-state index is 0.100. The average molecular weight is 851 g/mol. The molecular weight excluding hydrogens is 798 g/mol. The van der Waals surface area contributed by atoms with Gasteiger partial charge in [0, 0.05) is 76.0 Å². The molecule has 0 aliphatic carbocycles. The molecule has 61 heavy (non-hydrogen) atoms. The number of imide groups is 1. The molecule has 328 valence electrons. The third-order valence-corrected chi connectivity index (χ3v) is 12.1. The van der Waals surface area contributed by atoms with Gasteiger partial charge >= 0.3 is 5.92 Å². The van der Waals surface area contributed by atoms with Gasteiger partial charge in [0.2, 0.25) is 17.8 Å². The molecule has 0 radical (unpaired) electrons. The van der Waals surface area contributed by atoms with Crippen LogP contribution in [-0.4, -0.2) is 129 Å². The molecule has 1 unspecified atom stereocenters. The van der Waals surface area contributed by atoms with Crippen LogP contribution in [0.1, 0.15) is 67.8 Å². The van der Waals surface area contributed by atoms with Gasteiger partial charge in [0.15, 0.2) is 5.82 Å². The number of hydrogen-bond donors (Lipinski definition) is 3. The van der Waals surface area contributed by atoms with Gasteiger partial charge in [0.05, 0.1) is 44.3 Å². The number of hydrogen-bond acceptors (Lipinski definition) is 13. The maximum absolute atomic E-state index is 15.5. The van der Waals surface area contributed by atoms with E-state index >= 15 is 4.39 Å². The first-order valence-electron chi connectivity index (χ1n) is 20.6. The van der Waals surface area contributed by atoms with Crippen LogP contribution in [0.2, 0.25) is 0 Å². The molecule has 7 rings (SSSR count). The summed E-state index contributed by atoms with van der Waals surface area (Å²) in [5.41, 5.74) is 4.90. The lowest BCUT2D eigenvalue weighted by Gasteiger charge is -2.38. The predicted octanol–water partition coefficient (Wildman–Crippen LogP) is 4.29. The highest BCUT2D eigenvalue weighted by Gasteiger charge is 2.48. The minimum Gasteiger partial charge on any atom is -0.496 e. The highest BCUT2D eigenvalue weighted by molar-refractivity contribution is 6.02. The Morgan fingerprint density at radius 3 is 2.36 bits per heavy atom. The van der Waals surface area contributed by atoms with Gasteiger partial charge < -0.3 is 29.5 Å². The second-order valence-electron chi connectivity index (χ2n) is 16.3. The van der Waals surface area contributed by atoms with Crippen molar-refractivity contribution in [3.8, 4) is 11.5 Å². The summed E-state index contributed by atoms with van der Waals surface area (Å²) in [5, 5.41) is 7.33. The summed E-state index contributed by atoms with van der Waals surface area (Å²) < 4.78 is 56.1. The first-order chi connectivity index (χ1) is 29.1. The number of alkyl halides is 2. The summed E-state index contributed by atoms with van der Waals surface area (Å²) in [6.07, 6.45) is 4.70. The lowest BCUT2D eigenvalue weighted by atomic mass is 9.89. The Bertz CT molecular complexity index is 2140. The maximum atomic E-state index is 15.5. The van der Waals surface area contributed by atoms with Gasteiger partial charge in [-0.15, -0.1) is 0 Å². The van der Waals surface area contributed by atoms with Crippen molar-refractivity contribution in [2.24, 2.45) is 5.92 Å². The molecule has 4 aliphatic rings. The normalized spacial score (nSPS) is 20.3. The van der Waals surface area contributed by atoms with Crippen molar-refractivity contribution >= 4 is 52.5 Å². The molecule has 0 spiro atoms. The van der Waals surface area contributed by atoms with Crippen LogP contribution in [0.3, 0.4) is 0 Å². The molecule has 16 nitrogen and oxygen atoms in total. The number of piperazine rings is 1. The summed E-state index contributed by atoms with van der Waals surface area (Å²) in [4.78, 5) is 65.4. The van der Waals surface area contributed by atoms with Crippen molar-refractivity contribution in [2.45, 2.75) is 63.8 Å². The van der Waals surface area contributed by atoms with Crippen molar-refractivity contribution in [2.75, 3.05) is 93.6 Å². The molecular formula is C42H53F3N10O6. The van der Waals surface area contributed by atoms with E-state index in [0.29, 0.717) is 72.5 Å². The van der Waals surface area contributed by atoms with Gasteiger partial charge in [-0.05, 0) is 76.3 Å². The number of aromatic nitrogens is 2. The number of rotatable bonds is 12. The van der Waals surface area contributed by atoms with Crippen molar-refractivity contribution in [3.05, 3.63) is 53.5 Å². The fourth-order valence-electron chi connectivity index (χ4n) is 8.43. The third-order valence-electron chi connectivity index (χ3n) is 12.1. The summed E-state index contributed by atoms with van der Waals surface area (Å²) in [7, 11) is 4.24. The molecule has 3 fully saturated rings. The number of piperidine rings is 2. The van der Waals surface area contributed by atoms with Crippen LogP contribution >= 0.6 is 0 Å². The van der Waals surface area contributed by atoms with Crippen molar-refractivity contribution < 1.29 is 41.8 Å². The summed E-state index contributed by atoms with van der Waals surface area (Å²) in [5.74, 6) is -5.48. The van der Waals surface area contributed by atoms with Crippen LogP contribution in [-0.2, 0) is 14.4 Å². The zero-order valence-corrected chi connectivity index (χ0v) is 35.1. The molecule has 1 aromatic heterocycles. The number of halogens is 3. The van der Waals surface area contributed by atoms with E-state index in [2.05, 4.69) is 30.9 Å². The summed E-state index contributed by atoms with van der Waals surface area (Å²) in [6.45, 7) is 7.84. The van der Waals surface area contributed by atoms with E-state index in [1.54, 1.807) is 38.1 Å². The second kappa shape index (κ2) is 18.1. The number of ether oxygens (including phenoxy) is 2. The van der Waals surface area contributed by atoms with Crippen LogP contribution < -0.4 is 40.2 Å². The van der Waals surface area contributed by atoms with E-state index in [1.807, 2.05) is 9.91 Å². The average Bonchev–Trinajstić information content (AvgIpc) is 3.32. The number of carbonyl (C=O) groups is 4. The van der Waals surface area contributed by atoms with Crippen molar-refractivity contribution in [1.29, 1.82) is 0 Å². The number of benzene rings is 2. The standard InChI is InChI=1S/C42H53F3N10O6/c1-25(2)55-24-42(44,45)40(59)51(3)33-23-46-41(49-37(33)55)47-31-8-6-27(20-35(31)61-5)38(57)50-54-14-11-26(12-15-54)10-13-52-16-18-53(19-17-52)32-22-34(60-4)29(21-30(32)43)28-7-9-36(56)48-39(28)58/h6,8,20-23,25-26,28H,7,9-19,24H2,1-5H3,(H,50,57)(H,46,47,49)(H,48,56,58). The topological polar surface area (TPSA) is 165 Å². The SMILES string of the molecule is COc1cc(C(=O)NN2CCC(CCN3CCN(c4cc(OC)c(C5CCC(=O)NC5=O)cc4F)CC3)CC2)ccc1Nc1ncc2c(n1)N(C(C)C)CC(F)(F)C(=O)N2C. The predicted molar refractivity (Wildman–Crippen MR) is 222 cm³/mol. The molecule has 5 heterocycles. The Kier molecular flexibility index (Phi) is 12.9. The van der Waals surface area contributed by atoms with Gasteiger partial charge in [-0.3, -0.25) is 34.8 Å². The second-order valence-corrected chi connectivity index (χ2v) is 16.3. The molecule has 19 heteroatoms. The smallest absolute Gasteiger partial charge is 0.342 e. The number of nitrogens with zero attached hydrogens (tertiary/aromatic N) is 7. The van der Waals surface area contributed by atoms with E-state index in [9.17, 15) is 28.0 Å². The number of fused-ring (bicyclic) bond motifs is 1. The lowest BCUT2D eigenvalue weighted by molar-refractivity contribution is -0.140. The van der Waals surface area contributed by atoms with Crippen molar-refractivity contribution in [3.63, 3.8) is 0 Å².